The van der Waals surface area contributed by atoms with Crippen LogP contribution in [0.5, 0.6) is 0 Å². The van der Waals surface area contributed by atoms with E-state index in [1.807, 2.05) is 6.92 Å². The lowest BCUT2D eigenvalue weighted by Gasteiger charge is -2.18. The normalized spacial score (nSPS) is 17.2. The van der Waals surface area contributed by atoms with Crippen LogP contribution >= 0.6 is 0 Å². The van der Waals surface area contributed by atoms with Crippen molar-refractivity contribution in [3.05, 3.63) is 36.0 Å². The highest BCUT2D eigenvalue weighted by Gasteiger charge is 2.18. The Kier molecular flexibility index (Phi) is 2.48. The van der Waals surface area contributed by atoms with Crippen molar-refractivity contribution in [3.63, 3.8) is 0 Å². The molecule has 0 atom stereocenters. The van der Waals surface area contributed by atoms with Gasteiger partial charge in [-0.1, -0.05) is 19.2 Å². The van der Waals surface area contributed by atoms with Crippen molar-refractivity contribution in [1.29, 1.82) is 0 Å². The van der Waals surface area contributed by atoms with Crippen LogP contribution in [0.25, 0.3) is 0 Å². The largest absolute Gasteiger partial charge is 0.352 e. The van der Waals surface area contributed by atoms with E-state index >= 15 is 0 Å². The summed E-state index contributed by atoms with van der Waals surface area (Å²) in [6.07, 6.45) is 2.60. The minimum atomic E-state index is -0.0244. The minimum absolute atomic E-state index is 0.0244. The van der Waals surface area contributed by atoms with Crippen LogP contribution in [0, 0.1) is 0 Å². The van der Waals surface area contributed by atoms with Gasteiger partial charge in [0.25, 0.3) is 5.91 Å². The van der Waals surface area contributed by atoms with Crippen molar-refractivity contribution in [2.45, 2.75) is 13.3 Å². The Bertz CT molecular complexity index is 274. The third-order valence-electron chi connectivity index (χ3n) is 1.90. The Morgan fingerprint density at radius 1 is 1.67 bits per heavy atom. The maximum Gasteiger partial charge on any atom is 0.251 e. The van der Waals surface area contributed by atoms with Gasteiger partial charge >= 0.3 is 0 Å². The molecule has 0 aliphatic carbocycles. The van der Waals surface area contributed by atoms with Crippen LogP contribution in [0.15, 0.2) is 36.0 Å². The second-order valence-corrected chi connectivity index (χ2v) is 2.89. The topological polar surface area (TPSA) is 29.1 Å². The lowest BCUT2D eigenvalue weighted by molar-refractivity contribution is -0.117. The Morgan fingerprint density at radius 2 is 2.33 bits per heavy atom. The third-order valence-corrected chi connectivity index (χ3v) is 1.90. The maximum atomic E-state index is 11.3. The Hall–Kier alpha value is -1.31. The molecule has 0 aromatic carbocycles. The first-order chi connectivity index (χ1) is 5.66. The zero-order chi connectivity index (χ0) is 9.14. The smallest absolute Gasteiger partial charge is 0.251 e. The Labute approximate surface area is 72.7 Å². The van der Waals surface area contributed by atoms with Gasteiger partial charge in [-0.05, 0) is 24.5 Å². The molecule has 0 aromatic heterocycles. The quantitative estimate of drug-likeness (QED) is 0.657. The molecule has 1 heterocycles. The summed E-state index contributed by atoms with van der Waals surface area (Å²) < 4.78 is 0. The summed E-state index contributed by atoms with van der Waals surface area (Å²) >= 11 is 0. The number of allylic oxidation sites excluding steroid dienone is 1. The predicted octanol–water partition coefficient (Wildman–Crippen LogP) is 1.56. The average molecular weight is 163 g/mol. The van der Waals surface area contributed by atoms with E-state index in [-0.39, 0.29) is 5.91 Å². The molecular formula is C10H13NO. The average Bonchev–Trinajstić information content (AvgIpc) is 2.03. The molecule has 1 aliphatic rings. The van der Waals surface area contributed by atoms with Crippen LogP contribution in [-0.2, 0) is 4.79 Å². The van der Waals surface area contributed by atoms with Gasteiger partial charge < -0.3 is 5.32 Å². The summed E-state index contributed by atoms with van der Waals surface area (Å²) in [7, 11) is 0. The number of amides is 1. The van der Waals surface area contributed by atoms with E-state index in [9.17, 15) is 4.79 Å². The molecule has 0 bridgehead atoms. The van der Waals surface area contributed by atoms with Gasteiger partial charge in [-0.2, -0.15) is 0 Å². The predicted molar refractivity (Wildman–Crippen MR) is 49.7 cm³/mol. The number of carbonyl (C=O) groups excluding carboxylic acids is 1. The van der Waals surface area contributed by atoms with Crippen LogP contribution in [0.2, 0.25) is 0 Å². The molecule has 0 fully saturated rings. The van der Waals surface area contributed by atoms with Crippen molar-refractivity contribution >= 4 is 5.91 Å². The second-order valence-electron chi connectivity index (χ2n) is 2.89. The van der Waals surface area contributed by atoms with E-state index in [2.05, 4.69) is 18.5 Å². The molecule has 0 saturated heterocycles. The van der Waals surface area contributed by atoms with Crippen LogP contribution < -0.4 is 5.32 Å². The zero-order valence-corrected chi connectivity index (χ0v) is 7.31. The van der Waals surface area contributed by atoms with Crippen LogP contribution in [0.4, 0.5) is 0 Å². The first-order valence-corrected chi connectivity index (χ1v) is 3.96. The fraction of sp³-hybridized carbons (Fsp3) is 0.300. The van der Waals surface area contributed by atoms with Crippen molar-refractivity contribution in [3.8, 4) is 0 Å². The summed E-state index contributed by atoms with van der Waals surface area (Å²) in [5.41, 5.74) is 2.52. The molecule has 1 N–H and O–H groups in total. The van der Waals surface area contributed by atoms with E-state index < -0.39 is 0 Å². The van der Waals surface area contributed by atoms with Gasteiger partial charge in [-0.25, -0.2) is 0 Å². The monoisotopic (exact) mass is 163 g/mol. The van der Waals surface area contributed by atoms with Gasteiger partial charge in [0.05, 0.1) is 0 Å². The van der Waals surface area contributed by atoms with Crippen molar-refractivity contribution < 1.29 is 4.79 Å². The highest BCUT2D eigenvalue weighted by molar-refractivity contribution is 5.99. The van der Waals surface area contributed by atoms with E-state index in [0.29, 0.717) is 12.1 Å². The minimum Gasteiger partial charge on any atom is -0.352 e. The fourth-order valence-corrected chi connectivity index (χ4v) is 1.34. The van der Waals surface area contributed by atoms with Gasteiger partial charge in [0.1, 0.15) is 0 Å². The van der Waals surface area contributed by atoms with Gasteiger partial charge in [0.2, 0.25) is 0 Å². The number of nitrogens with one attached hydrogen (secondary N) is 1. The highest BCUT2D eigenvalue weighted by Crippen LogP contribution is 2.19. The van der Waals surface area contributed by atoms with Crippen LogP contribution in [-0.4, -0.2) is 12.5 Å². The number of rotatable bonds is 2. The van der Waals surface area contributed by atoms with E-state index in [1.54, 1.807) is 6.08 Å². The van der Waals surface area contributed by atoms with E-state index in [4.69, 9.17) is 0 Å². The summed E-state index contributed by atoms with van der Waals surface area (Å²) in [6.45, 7) is 9.98. The number of carbonyl (C=O) groups is 1. The summed E-state index contributed by atoms with van der Waals surface area (Å²) in [4.78, 5) is 11.3. The Morgan fingerprint density at radius 3 is 2.75 bits per heavy atom. The molecule has 64 valence electrons. The first-order valence-electron chi connectivity index (χ1n) is 3.96. The van der Waals surface area contributed by atoms with Gasteiger partial charge in [-0.15, -0.1) is 0 Å². The fourth-order valence-electron chi connectivity index (χ4n) is 1.34. The molecule has 0 spiro atoms. The lowest BCUT2D eigenvalue weighted by atomic mass is 9.96. The molecule has 1 rings (SSSR count). The van der Waals surface area contributed by atoms with Crippen molar-refractivity contribution in [2.75, 3.05) is 6.54 Å². The summed E-state index contributed by atoms with van der Waals surface area (Å²) in [5.74, 6) is -0.0244. The molecule has 0 aromatic rings. The van der Waals surface area contributed by atoms with E-state index in [0.717, 1.165) is 17.6 Å². The zero-order valence-electron chi connectivity index (χ0n) is 7.31. The summed E-state index contributed by atoms with van der Waals surface area (Å²) in [6, 6.07) is 0. The van der Waals surface area contributed by atoms with Crippen LogP contribution in [0.3, 0.4) is 0 Å². The van der Waals surface area contributed by atoms with Crippen molar-refractivity contribution in [1.82, 2.24) is 5.32 Å². The molecule has 2 heteroatoms. The highest BCUT2D eigenvalue weighted by atomic mass is 16.1. The summed E-state index contributed by atoms with van der Waals surface area (Å²) in [5, 5.41) is 2.77. The standard InChI is InChI=1S/C10H13NO/c1-4-8-5-6-11-10(12)9(8)7(2)3/h4H,1-2,5-6H2,3H3,(H,11,12). The molecule has 0 saturated carbocycles. The molecule has 1 aliphatic heterocycles. The first kappa shape index (κ1) is 8.78. The second kappa shape index (κ2) is 3.39. The third kappa shape index (κ3) is 1.47. The van der Waals surface area contributed by atoms with Crippen molar-refractivity contribution in [2.24, 2.45) is 0 Å². The van der Waals surface area contributed by atoms with Gasteiger partial charge in [0.15, 0.2) is 0 Å². The van der Waals surface area contributed by atoms with E-state index in [1.165, 1.54) is 0 Å². The molecule has 2 nitrogen and oxygen atoms in total. The van der Waals surface area contributed by atoms with Gasteiger partial charge in [-0.3, -0.25) is 4.79 Å². The van der Waals surface area contributed by atoms with Crippen LogP contribution in [0.1, 0.15) is 13.3 Å². The van der Waals surface area contributed by atoms with Gasteiger partial charge in [0, 0.05) is 12.1 Å². The Balaban J connectivity index is 3.12. The molecule has 0 radical (unpaired) electrons. The lowest BCUT2D eigenvalue weighted by Crippen LogP contribution is -2.31. The molecular weight excluding hydrogens is 150 g/mol. The SMILES string of the molecule is C=CC1=C(C(=C)C)C(=O)NCC1. The number of hydrogen-bond donors (Lipinski definition) is 1. The number of hydrogen-bond acceptors (Lipinski definition) is 1. The maximum absolute atomic E-state index is 11.3. The molecule has 1 amide bonds. The molecule has 12 heavy (non-hydrogen) atoms. The molecule has 0 unspecified atom stereocenters.